The maximum Gasteiger partial charge on any atom is 0.255 e. The molecule has 1 N–H and O–H groups in total. The van der Waals surface area contributed by atoms with Gasteiger partial charge in [0.05, 0.1) is 12.6 Å². The summed E-state index contributed by atoms with van der Waals surface area (Å²) in [6.07, 6.45) is -2.47. The molecule has 0 spiro atoms. The van der Waals surface area contributed by atoms with Gasteiger partial charge in [-0.3, -0.25) is 10.1 Å². The van der Waals surface area contributed by atoms with Gasteiger partial charge >= 0.3 is 0 Å². The molecule has 0 aliphatic carbocycles. The first-order valence-corrected chi connectivity index (χ1v) is 7.04. The van der Waals surface area contributed by atoms with Crippen LogP contribution >= 0.6 is 0 Å². The highest BCUT2D eigenvalue weighted by Gasteiger charge is 2.42. The molecule has 0 aromatic heterocycles. The van der Waals surface area contributed by atoms with Gasteiger partial charge in [0.15, 0.2) is 0 Å². The Hall–Kier alpha value is -1.56. The van der Waals surface area contributed by atoms with Crippen molar-refractivity contribution in [3.8, 4) is 0 Å². The maximum atomic E-state index is 13.0. The number of hydrogen-bond donors (Lipinski definition) is 1. The van der Waals surface area contributed by atoms with Crippen molar-refractivity contribution in [3.63, 3.8) is 0 Å². The van der Waals surface area contributed by atoms with Gasteiger partial charge < -0.3 is 4.90 Å². The Morgan fingerprint density at radius 3 is 2.43 bits per heavy atom. The first kappa shape index (κ1) is 15.8. The van der Waals surface area contributed by atoms with Gasteiger partial charge in [-0.05, 0) is 23.6 Å². The molecule has 0 bridgehead atoms. The normalized spacial score (nSPS) is 23.9. The largest absolute Gasteiger partial charge is 0.316 e. The second-order valence-corrected chi connectivity index (χ2v) is 5.37. The predicted molar refractivity (Wildman–Crippen MR) is 73.2 cm³/mol. The average Bonchev–Trinajstić information content (AvgIpc) is 2.76. The molecule has 2 rings (SSSR count). The second kappa shape index (κ2) is 6.47. The highest BCUT2D eigenvalue weighted by Crippen LogP contribution is 2.29. The van der Waals surface area contributed by atoms with Gasteiger partial charge in [-0.25, -0.2) is 13.2 Å². The molecule has 6 heteroatoms. The molecule has 1 heterocycles. The molecular weight excluding hydrogens is 281 g/mol. The summed E-state index contributed by atoms with van der Waals surface area (Å²) in [7, 11) is 0. The van der Waals surface area contributed by atoms with Crippen molar-refractivity contribution in [1.29, 1.82) is 0 Å². The molecule has 1 aromatic rings. The standard InChI is InChI=1S/C15H19F3N2O/c1-3-9(2)13-15(21)20(8-12(17)18)14(19-13)10-4-6-11(16)7-5-10/h4-7,9,12-14,19H,3,8H2,1-2H3. The van der Waals surface area contributed by atoms with Crippen LogP contribution in [0.1, 0.15) is 32.0 Å². The van der Waals surface area contributed by atoms with E-state index in [-0.39, 0.29) is 11.8 Å². The van der Waals surface area contributed by atoms with Crippen LogP contribution in [0.25, 0.3) is 0 Å². The summed E-state index contributed by atoms with van der Waals surface area (Å²) in [5, 5.41) is 3.10. The smallest absolute Gasteiger partial charge is 0.255 e. The minimum absolute atomic E-state index is 0.0446. The van der Waals surface area contributed by atoms with Crippen molar-refractivity contribution in [2.24, 2.45) is 5.92 Å². The molecule has 1 saturated heterocycles. The molecule has 1 amide bonds. The maximum absolute atomic E-state index is 13.0. The number of nitrogens with zero attached hydrogens (tertiary/aromatic N) is 1. The zero-order chi connectivity index (χ0) is 15.6. The Bertz CT molecular complexity index is 492. The lowest BCUT2D eigenvalue weighted by molar-refractivity contribution is -0.132. The Balaban J connectivity index is 2.28. The van der Waals surface area contributed by atoms with Crippen molar-refractivity contribution < 1.29 is 18.0 Å². The summed E-state index contributed by atoms with van der Waals surface area (Å²) in [6, 6.07) is 5.07. The van der Waals surface area contributed by atoms with Crippen molar-refractivity contribution in [1.82, 2.24) is 10.2 Å². The number of rotatable bonds is 5. The third-order valence-corrected chi connectivity index (χ3v) is 3.93. The van der Waals surface area contributed by atoms with E-state index < -0.39 is 31.0 Å². The Kier molecular flexibility index (Phi) is 4.88. The molecule has 3 nitrogen and oxygen atoms in total. The van der Waals surface area contributed by atoms with Crippen LogP contribution in [0.4, 0.5) is 13.2 Å². The topological polar surface area (TPSA) is 32.3 Å². The van der Waals surface area contributed by atoms with Crippen LogP contribution in [-0.2, 0) is 4.79 Å². The van der Waals surface area contributed by atoms with Gasteiger partial charge in [0.1, 0.15) is 12.0 Å². The fraction of sp³-hybridized carbons (Fsp3) is 0.533. The van der Waals surface area contributed by atoms with Crippen LogP contribution in [0.2, 0.25) is 0 Å². The molecule has 1 aliphatic heterocycles. The van der Waals surface area contributed by atoms with Crippen LogP contribution in [-0.4, -0.2) is 29.8 Å². The van der Waals surface area contributed by atoms with Gasteiger partial charge in [-0.15, -0.1) is 0 Å². The zero-order valence-electron chi connectivity index (χ0n) is 12.0. The van der Waals surface area contributed by atoms with Crippen LogP contribution in [0.3, 0.4) is 0 Å². The first-order valence-electron chi connectivity index (χ1n) is 7.04. The number of halogens is 3. The summed E-state index contributed by atoms with van der Waals surface area (Å²) in [6.45, 7) is 3.23. The lowest BCUT2D eigenvalue weighted by atomic mass is 9.99. The molecule has 21 heavy (non-hydrogen) atoms. The van der Waals surface area contributed by atoms with E-state index in [4.69, 9.17) is 0 Å². The van der Waals surface area contributed by atoms with Gasteiger partial charge in [0, 0.05) is 0 Å². The number of nitrogens with one attached hydrogen (secondary N) is 1. The average molecular weight is 300 g/mol. The highest BCUT2D eigenvalue weighted by atomic mass is 19.3. The van der Waals surface area contributed by atoms with Crippen molar-refractivity contribution in [3.05, 3.63) is 35.6 Å². The molecule has 0 saturated carbocycles. The molecule has 1 aromatic carbocycles. The Morgan fingerprint density at radius 2 is 1.90 bits per heavy atom. The van der Waals surface area contributed by atoms with Crippen LogP contribution < -0.4 is 5.32 Å². The number of benzene rings is 1. The van der Waals surface area contributed by atoms with Crippen molar-refractivity contribution >= 4 is 5.91 Å². The molecule has 3 unspecified atom stereocenters. The summed E-state index contributed by atoms with van der Waals surface area (Å²) in [4.78, 5) is 13.5. The van der Waals surface area contributed by atoms with E-state index in [1.54, 1.807) is 0 Å². The number of hydrogen-bond acceptors (Lipinski definition) is 2. The van der Waals surface area contributed by atoms with Crippen LogP contribution in [0, 0.1) is 11.7 Å². The zero-order valence-corrected chi connectivity index (χ0v) is 12.0. The van der Waals surface area contributed by atoms with E-state index in [0.29, 0.717) is 5.56 Å². The molecule has 3 atom stereocenters. The van der Waals surface area contributed by atoms with Gasteiger partial charge in [-0.2, -0.15) is 0 Å². The molecule has 0 radical (unpaired) electrons. The molecule has 116 valence electrons. The second-order valence-electron chi connectivity index (χ2n) is 5.37. The third kappa shape index (κ3) is 3.37. The number of amides is 1. The number of carbonyl (C=O) groups is 1. The van der Waals surface area contributed by atoms with Gasteiger partial charge in [0.2, 0.25) is 5.91 Å². The fourth-order valence-electron chi connectivity index (χ4n) is 2.55. The minimum Gasteiger partial charge on any atom is -0.316 e. The number of carbonyl (C=O) groups excluding carboxylic acids is 1. The summed E-state index contributed by atoms with van der Waals surface area (Å²) >= 11 is 0. The quantitative estimate of drug-likeness (QED) is 0.907. The SMILES string of the molecule is CCC(C)C1NC(c2ccc(F)cc2)N(CC(F)F)C1=O. The Labute approximate surface area is 122 Å². The first-order chi connectivity index (χ1) is 9.93. The third-order valence-electron chi connectivity index (χ3n) is 3.93. The number of alkyl halides is 2. The summed E-state index contributed by atoms with van der Waals surface area (Å²) in [5.41, 5.74) is 0.608. The lowest BCUT2D eigenvalue weighted by Gasteiger charge is -2.24. The summed E-state index contributed by atoms with van der Waals surface area (Å²) in [5.74, 6) is -0.677. The monoisotopic (exact) mass is 300 g/mol. The Morgan fingerprint density at radius 1 is 1.29 bits per heavy atom. The van der Waals surface area contributed by atoms with E-state index in [1.165, 1.54) is 24.3 Å². The predicted octanol–water partition coefficient (Wildman–Crippen LogP) is 2.94. The van der Waals surface area contributed by atoms with Crippen LogP contribution in [0.5, 0.6) is 0 Å². The lowest BCUT2D eigenvalue weighted by Crippen LogP contribution is -2.37. The summed E-state index contributed by atoms with van der Waals surface area (Å²) < 4.78 is 38.5. The van der Waals surface area contributed by atoms with Crippen molar-refractivity contribution in [2.45, 2.75) is 38.9 Å². The van der Waals surface area contributed by atoms with Gasteiger partial charge in [-0.1, -0.05) is 32.4 Å². The molecule has 1 aliphatic rings. The highest BCUT2D eigenvalue weighted by molar-refractivity contribution is 5.85. The van der Waals surface area contributed by atoms with E-state index in [9.17, 15) is 18.0 Å². The van der Waals surface area contributed by atoms with E-state index in [0.717, 1.165) is 11.3 Å². The minimum atomic E-state index is -2.60. The van der Waals surface area contributed by atoms with E-state index >= 15 is 0 Å². The molecule has 1 fully saturated rings. The van der Waals surface area contributed by atoms with Crippen LogP contribution in [0.15, 0.2) is 24.3 Å². The van der Waals surface area contributed by atoms with E-state index in [1.807, 2.05) is 13.8 Å². The van der Waals surface area contributed by atoms with Crippen molar-refractivity contribution in [2.75, 3.05) is 6.54 Å². The molecular formula is C15H19F3N2O. The van der Waals surface area contributed by atoms with E-state index in [2.05, 4.69) is 5.32 Å². The fourth-order valence-corrected chi connectivity index (χ4v) is 2.55. The van der Waals surface area contributed by atoms with Gasteiger partial charge in [0.25, 0.3) is 6.43 Å².